The predicted molar refractivity (Wildman–Crippen MR) is 93.8 cm³/mol. The Labute approximate surface area is 137 Å². The number of anilines is 1. The standard InChI is InChI=1S/C16H25ClN4O/c1-4-5-6-7-11-19-15(18)20-16(22)21(3)14-12(2)9-8-10-13(14)17/h8-10H,4-7,11H2,1-3H3,(H3,18,19,20,22). The number of para-hydroxylation sites is 1. The van der Waals surface area contributed by atoms with Crippen molar-refractivity contribution in [2.45, 2.75) is 39.5 Å². The highest BCUT2D eigenvalue weighted by atomic mass is 35.5. The Morgan fingerprint density at radius 3 is 2.73 bits per heavy atom. The summed E-state index contributed by atoms with van der Waals surface area (Å²) in [6, 6.07) is 5.14. The molecule has 22 heavy (non-hydrogen) atoms. The van der Waals surface area contributed by atoms with Crippen LogP contribution in [0.5, 0.6) is 0 Å². The van der Waals surface area contributed by atoms with E-state index >= 15 is 0 Å². The Morgan fingerprint density at radius 1 is 1.36 bits per heavy atom. The molecule has 122 valence electrons. The van der Waals surface area contributed by atoms with Crippen molar-refractivity contribution in [3.8, 4) is 0 Å². The smallest absolute Gasteiger partial charge is 0.328 e. The second-order valence-electron chi connectivity index (χ2n) is 5.22. The van der Waals surface area contributed by atoms with Crippen LogP contribution in [0.4, 0.5) is 10.5 Å². The van der Waals surface area contributed by atoms with E-state index in [0.717, 1.165) is 18.4 Å². The maximum atomic E-state index is 12.2. The number of halogens is 1. The van der Waals surface area contributed by atoms with Crippen LogP contribution in [-0.4, -0.2) is 25.6 Å². The molecule has 1 aromatic carbocycles. The van der Waals surface area contributed by atoms with Gasteiger partial charge in [0.1, 0.15) is 0 Å². The molecule has 0 heterocycles. The topological polar surface area (TPSA) is 70.7 Å². The lowest BCUT2D eigenvalue weighted by Crippen LogP contribution is -2.44. The summed E-state index contributed by atoms with van der Waals surface area (Å²) >= 11 is 6.15. The van der Waals surface area contributed by atoms with E-state index in [9.17, 15) is 4.79 Å². The number of nitrogens with two attached hydrogens (primary N) is 1. The fourth-order valence-electron chi connectivity index (χ4n) is 2.12. The Kier molecular flexibility index (Phi) is 7.74. The molecule has 0 bridgehead atoms. The molecule has 0 unspecified atom stereocenters. The minimum atomic E-state index is -0.356. The third-order valence-corrected chi connectivity index (χ3v) is 3.66. The van der Waals surface area contributed by atoms with E-state index in [0.29, 0.717) is 17.3 Å². The molecule has 0 saturated carbocycles. The van der Waals surface area contributed by atoms with Gasteiger partial charge >= 0.3 is 6.03 Å². The van der Waals surface area contributed by atoms with Crippen molar-refractivity contribution in [3.63, 3.8) is 0 Å². The third kappa shape index (κ3) is 5.56. The molecular formula is C16H25ClN4O. The van der Waals surface area contributed by atoms with Gasteiger partial charge in [0.15, 0.2) is 5.96 Å². The van der Waals surface area contributed by atoms with E-state index in [1.54, 1.807) is 13.1 Å². The molecule has 0 aliphatic heterocycles. The van der Waals surface area contributed by atoms with Crippen molar-refractivity contribution >= 4 is 29.3 Å². The largest absolute Gasteiger partial charge is 0.370 e. The van der Waals surface area contributed by atoms with Crippen molar-refractivity contribution in [1.29, 1.82) is 0 Å². The SMILES string of the molecule is CCCCCCN=C(N)NC(=O)N(C)c1c(C)cccc1Cl. The quantitative estimate of drug-likeness (QED) is 0.476. The molecule has 0 radical (unpaired) electrons. The maximum Gasteiger partial charge on any atom is 0.328 e. The summed E-state index contributed by atoms with van der Waals surface area (Å²) < 4.78 is 0. The first kappa shape index (κ1) is 18.3. The second-order valence-corrected chi connectivity index (χ2v) is 5.63. The number of carbonyl (C=O) groups excluding carboxylic acids is 1. The van der Waals surface area contributed by atoms with Crippen LogP contribution in [0.2, 0.25) is 5.02 Å². The van der Waals surface area contributed by atoms with E-state index in [2.05, 4.69) is 17.2 Å². The van der Waals surface area contributed by atoms with E-state index in [-0.39, 0.29) is 12.0 Å². The molecule has 0 aliphatic carbocycles. The summed E-state index contributed by atoms with van der Waals surface area (Å²) in [5, 5.41) is 3.10. The van der Waals surface area contributed by atoms with Gasteiger partial charge in [-0.1, -0.05) is 49.9 Å². The van der Waals surface area contributed by atoms with E-state index < -0.39 is 0 Å². The summed E-state index contributed by atoms with van der Waals surface area (Å²) in [6.07, 6.45) is 4.47. The number of benzene rings is 1. The van der Waals surface area contributed by atoms with E-state index in [4.69, 9.17) is 17.3 Å². The lowest BCUT2D eigenvalue weighted by Gasteiger charge is -2.21. The molecule has 0 aliphatic rings. The molecule has 0 spiro atoms. The van der Waals surface area contributed by atoms with Gasteiger partial charge in [0, 0.05) is 13.6 Å². The van der Waals surface area contributed by atoms with Gasteiger partial charge in [0.05, 0.1) is 10.7 Å². The van der Waals surface area contributed by atoms with Crippen molar-refractivity contribution in [3.05, 3.63) is 28.8 Å². The average molecular weight is 325 g/mol. The van der Waals surface area contributed by atoms with Crippen molar-refractivity contribution in [1.82, 2.24) is 5.32 Å². The first-order chi connectivity index (χ1) is 10.5. The number of unbranched alkanes of at least 4 members (excludes halogenated alkanes) is 3. The first-order valence-corrected chi connectivity index (χ1v) is 7.95. The molecule has 3 N–H and O–H groups in total. The van der Waals surface area contributed by atoms with Crippen molar-refractivity contribution < 1.29 is 4.79 Å². The Bertz CT molecular complexity index is 511. The summed E-state index contributed by atoms with van der Waals surface area (Å²) in [5.41, 5.74) is 7.32. The zero-order valence-corrected chi connectivity index (χ0v) is 14.3. The van der Waals surface area contributed by atoms with Crippen LogP contribution in [0, 0.1) is 6.92 Å². The van der Waals surface area contributed by atoms with Gasteiger partial charge in [-0.2, -0.15) is 0 Å². The normalized spacial score (nSPS) is 11.4. The first-order valence-electron chi connectivity index (χ1n) is 7.57. The Morgan fingerprint density at radius 2 is 2.09 bits per heavy atom. The number of hydrogen-bond acceptors (Lipinski definition) is 2. The lowest BCUT2D eigenvalue weighted by molar-refractivity contribution is 0.251. The molecular weight excluding hydrogens is 300 g/mol. The number of nitrogens with zero attached hydrogens (tertiary/aromatic N) is 2. The summed E-state index contributed by atoms with van der Waals surface area (Å²) in [7, 11) is 1.65. The Balaban J connectivity index is 2.59. The van der Waals surface area contributed by atoms with Crippen LogP contribution in [0.25, 0.3) is 0 Å². The number of hydrogen-bond donors (Lipinski definition) is 2. The number of aryl methyl sites for hydroxylation is 1. The molecule has 5 nitrogen and oxygen atoms in total. The van der Waals surface area contributed by atoms with Crippen LogP contribution in [0.3, 0.4) is 0 Å². The molecule has 1 aromatic rings. The highest BCUT2D eigenvalue weighted by Crippen LogP contribution is 2.28. The molecule has 1 rings (SSSR count). The van der Waals surface area contributed by atoms with Gasteiger partial charge in [0.2, 0.25) is 0 Å². The monoisotopic (exact) mass is 324 g/mol. The van der Waals surface area contributed by atoms with Crippen LogP contribution < -0.4 is 16.0 Å². The minimum Gasteiger partial charge on any atom is -0.370 e. The van der Waals surface area contributed by atoms with E-state index in [1.165, 1.54) is 17.7 Å². The Hall–Kier alpha value is -1.75. The molecule has 2 amide bonds. The van der Waals surface area contributed by atoms with Gasteiger partial charge < -0.3 is 5.73 Å². The number of guanidine groups is 1. The average Bonchev–Trinajstić information content (AvgIpc) is 2.46. The number of nitrogens with one attached hydrogen (secondary N) is 1. The number of amides is 2. The van der Waals surface area contributed by atoms with Crippen molar-refractivity contribution in [2.75, 3.05) is 18.5 Å². The van der Waals surface area contributed by atoms with Gasteiger partial charge in [-0.15, -0.1) is 0 Å². The minimum absolute atomic E-state index is 0.137. The van der Waals surface area contributed by atoms with Crippen LogP contribution >= 0.6 is 11.6 Å². The maximum absolute atomic E-state index is 12.2. The highest BCUT2D eigenvalue weighted by molar-refractivity contribution is 6.34. The van der Waals surface area contributed by atoms with Gasteiger partial charge in [-0.3, -0.25) is 15.2 Å². The number of aliphatic imine (C=N–C) groups is 1. The van der Waals surface area contributed by atoms with Crippen LogP contribution in [0.15, 0.2) is 23.2 Å². The molecule has 0 fully saturated rings. The number of carbonyl (C=O) groups is 1. The zero-order valence-electron chi connectivity index (χ0n) is 13.5. The zero-order chi connectivity index (χ0) is 16.5. The second kappa shape index (κ2) is 9.30. The lowest BCUT2D eigenvalue weighted by atomic mass is 10.2. The molecule has 6 heteroatoms. The fraction of sp³-hybridized carbons (Fsp3) is 0.500. The summed E-state index contributed by atoms with van der Waals surface area (Å²) in [4.78, 5) is 17.8. The van der Waals surface area contributed by atoms with Gasteiger partial charge in [0.25, 0.3) is 0 Å². The fourth-order valence-corrected chi connectivity index (χ4v) is 2.47. The highest BCUT2D eigenvalue weighted by Gasteiger charge is 2.16. The van der Waals surface area contributed by atoms with E-state index in [1.807, 2.05) is 19.1 Å². The van der Waals surface area contributed by atoms with Gasteiger partial charge in [-0.05, 0) is 25.0 Å². The molecule has 0 aromatic heterocycles. The third-order valence-electron chi connectivity index (χ3n) is 3.36. The van der Waals surface area contributed by atoms with Crippen LogP contribution in [-0.2, 0) is 0 Å². The summed E-state index contributed by atoms with van der Waals surface area (Å²) in [5.74, 6) is 0.137. The van der Waals surface area contributed by atoms with Crippen LogP contribution in [0.1, 0.15) is 38.2 Å². The number of urea groups is 1. The molecule has 0 atom stereocenters. The number of rotatable bonds is 6. The predicted octanol–water partition coefficient (Wildman–Crippen LogP) is 3.69. The van der Waals surface area contributed by atoms with Crippen molar-refractivity contribution in [2.24, 2.45) is 10.7 Å². The summed E-state index contributed by atoms with van der Waals surface area (Å²) in [6.45, 7) is 4.68. The molecule has 0 saturated heterocycles. The van der Waals surface area contributed by atoms with Gasteiger partial charge in [-0.25, -0.2) is 4.79 Å².